The van der Waals surface area contributed by atoms with Gasteiger partial charge in [0.1, 0.15) is 5.69 Å². The molecule has 4 heteroatoms. The van der Waals surface area contributed by atoms with E-state index < -0.39 is 0 Å². The van der Waals surface area contributed by atoms with Crippen LogP contribution in [0.1, 0.15) is 22.5 Å². The number of pyridine rings is 1. The Kier molecular flexibility index (Phi) is 2.68. The fourth-order valence-corrected chi connectivity index (χ4v) is 1.79. The third-order valence-electron chi connectivity index (χ3n) is 2.66. The van der Waals surface area contributed by atoms with E-state index >= 15 is 0 Å². The lowest BCUT2D eigenvalue weighted by atomic mass is 10.2. The van der Waals surface area contributed by atoms with Crippen molar-refractivity contribution in [1.82, 2.24) is 9.88 Å². The number of β-amino-alcohol motifs (C(OH)–C–C–N with tert-alkyl or cyclic N) is 1. The van der Waals surface area contributed by atoms with Crippen LogP contribution in [0, 0.1) is 6.92 Å². The lowest BCUT2D eigenvalue weighted by molar-refractivity contribution is 0.0758. The van der Waals surface area contributed by atoms with Gasteiger partial charge in [-0.25, -0.2) is 0 Å². The second kappa shape index (κ2) is 3.98. The van der Waals surface area contributed by atoms with Gasteiger partial charge >= 0.3 is 0 Å². The maximum Gasteiger partial charge on any atom is 0.272 e. The van der Waals surface area contributed by atoms with E-state index in [4.69, 9.17) is 0 Å². The van der Waals surface area contributed by atoms with Gasteiger partial charge in [0.05, 0.1) is 6.10 Å². The third-order valence-corrected chi connectivity index (χ3v) is 2.66. The van der Waals surface area contributed by atoms with E-state index in [0.29, 0.717) is 25.2 Å². The van der Waals surface area contributed by atoms with Gasteiger partial charge in [-0.05, 0) is 25.0 Å². The van der Waals surface area contributed by atoms with Crippen molar-refractivity contribution in [3.05, 3.63) is 29.6 Å². The molecule has 1 N–H and O–H groups in total. The van der Waals surface area contributed by atoms with Crippen LogP contribution in [0.2, 0.25) is 0 Å². The molecule has 2 heterocycles. The lowest BCUT2D eigenvalue weighted by Crippen LogP contribution is -2.30. The quantitative estimate of drug-likeness (QED) is 0.732. The number of carbonyl (C=O) groups is 1. The number of aliphatic hydroxyl groups excluding tert-OH is 1. The highest BCUT2D eigenvalue weighted by Gasteiger charge is 2.26. The van der Waals surface area contributed by atoms with Gasteiger partial charge in [0.25, 0.3) is 5.91 Å². The lowest BCUT2D eigenvalue weighted by Gasteiger charge is -2.15. The van der Waals surface area contributed by atoms with Gasteiger partial charge in [-0.3, -0.25) is 9.78 Å². The molecule has 4 nitrogen and oxygen atoms in total. The van der Waals surface area contributed by atoms with E-state index in [1.165, 1.54) is 0 Å². The molecule has 0 saturated carbocycles. The van der Waals surface area contributed by atoms with Crippen molar-refractivity contribution in [3.8, 4) is 0 Å². The molecule has 80 valence electrons. The van der Waals surface area contributed by atoms with Gasteiger partial charge in [-0.15, -0.1) is 0 Å². The molecule has 15 heavy (non-hydrogen) atoms. The average Bonchev–Trinajstić information content (AvgIpc) is 2.65. The zero-order valence-corrected chi connectivity index (χ0v) is 8.68. The number of aryl methyl sites for hydroxylation is 1. The Morgan fingerprint density at radius 1 is 1.67 bits per heavy atom. The molecule has 0 spiro atoms. The van der Waals surface area contributed by atoms with Gasteiger partial charge in [0.2, 0.25) is 0 Å². The first kappa shape index (κ1) is 10.1. The predicted octanol–water partition coefficient (Wildman–Crippen LogP) is 0.597. The van der Waals surface area contributed by atoms with Crippen LogP contribution >= 0.6 is 0 Å². The smallest absolute Gasteiger partial charge is 0.272 e. The summed E-state index contributed by atoms with van der Waals surface area (Å²) >= 11 is 0. The zero-order chi connectivity index (χ0) is 10.8. The van der Waals surface area contributed by atoms with Gasteiger partial charge in [-0.2, -0.15) is 0 Å². The molecule has 2 rings (SSSR count). The molecular weight excluding hydrogens is 192 g/mol. The number of amides is 1. The molecule has 1 atom stereocenters. The van der Waals surface area contributed by atoms with Crippen molar-refractivity contribution in [2.75, 3.05) is 13.1 Å². The SMILES string of the molecule is Cc1cccnc1C(=O)N1CC[C@@H](O)C1. The van der Waals surface area contributed by atoms with Crippen molar-refractivity contribution in [2.24, 2.45) is 0 Å². The third kappa shape index (κ3) is 1.99. The van der Waals surface area contributed by atoms with E-state index in [1.54, 1.807) is 11.1 Å². The summed E-state index contributed by atoms with van der Waals surface area (Å²) < 4.78 is 0. The molecule has 0 aromatic carbocycles. The summed E-state index contributed by atoms with van der Waals surface area (Å²) in [6.45, 7) is 2.91. The summed E-state index contributed by atoms with van der Waals surface area (Å²) in [7, 11) is 0. The minimum Gasteiger partial charge on any atom is -0.391 e. The normalized spacial score (nSPS) is 20.7. The molecule has 1 amide bonds. The molecule has 1 aliphatic rings. The standard InChI is InChI=1S/C11H14N2O2/c1-8-3-2-5-12-10(8)11(15)13-6-4-9(14)7-13/h2-3,5,9,14H,4,6-7H2,1H3/t9-/m1/s1. The van der Waals surface area contributed by atoms with Crippen molar-refractivity contribution in [1.29, 1.82) is 0 Å². The second-order valence-corrected chi connectivity index (χ2v) is 3.86. The summed E-state index contributed by atoms with van der Waals surface area (Å²) in [4.78, 5) is 17.7. The molecular formula is C11H14N2O2. The number of hydrogen-bond acceptors (Lipinski definition) is 3. The van der Waals surface area contributed by atoms with Gasteiger partial charge in [0, 0.05) is 19.3 Å². The van der Waals surface area contributed by atoms with E-state index in [0.717, 1.165) is 5.56 Å². The van der Waals surface area contributed by atoms with Crippen LogP contribution in [0.5, 0.6) is 0 Å². The Labute approximate surface area is 88.6 Å². The Bertz CT molecular complexity index is 379. The van der Waals surface area contributed by atoms with Gasteiger partial charge in [0.15, 0.2) is 0 Å². The summed E-state index contributed by atoms with van der Waals surface area (Å²) in [5, 5.41) is 9.35. The summed E-state index contributed by atoms with van der Waals surface area (Å²) in [5.41, 5.74) is 1.37. The monoisotopic (exact) mass is 206 g/mol. The summed E-state index contributed by atoms with van der Waals surface area (Å²) in [5.74, 6) is -0.0790. The Morgan fingerprint density at radius 2 is 2.47 bits per heavy atom. The fraction of sp³-hybridized carbons (Fsp3) is 0.455. The van der Waals surface area contributed by atoms with Gasteiger partial charge < -0.3 is 10.0 Å². The zero-order valence-electron chi connectivity index (χ0n) is 8.68. The van der Waals surface area contributed by atoms with E-state index in [-0.39, 0.29) is 12.0 Å². The molecule has 0 radical (unpaired) electrons. The number of carbonyl (C=O) groups excluding carboxylic acids is 1. The molecule has 0 aliphatic carbocycles. The van der Waals surface area contributed by atoms with Crippen molar-refractivity contribution < 1.29 is 9.90 Å². The number of hydrogen-bond donors (Lipinski definition) is 1. The number of likely N-dealkylation sites (tertiary alicyclic amines) is 1. The molecule has 1 fully saturated rings. The molecule has 1 aromatic rings. The highest BCUT2D eigenvalue weighted by Crippen LogP contribution is 2.14. The highest BCUT2D eigenvalue weighted by molar-refractivity contribution is 5.93. The molecule has 1 aromatic heterocycles. The topological polar surface area (TPSA) is 53.4 Å². The highest BCUT2D eigenvalue weighted by atomic mass is 16.3. The number of aliphatic hydroxyl groups is 1. The van der Waals surface area contributed by atoms with Crippen LogP contribution < -0.4 is 0 Å². The molecule has 0 unspecified atom stereocenters. The van der Waals surface area contributed by atoms with Crippen LogP contribution in [0.3, 0.4) is 0 Å². The molecule has 1 aliphatic heterocycles. The summed E-state index contributed by atoms with van der Waals surface area (Å²) in [6.07, 6.45) is 1.91. The van der Waals surface area contributed by atoms with Crippen LogP contribution in [0.25, 0.3) is 0 Å². The van der Waals surface area contributed by atoms with E-state index in [2.05, 4.69) is 4.98 Å². The minimum absolute atomic E-state index is 0.0790. The second-order valence-electron chi connectivity index (χ2n) is 3.86. The number of nitrogens with zero attached hydrogens (tertiary/aromatic N) is 2. The van der Waals surface area contributed by atoms with Crippen LogP contribution in [0.4, 0.5) is 0 Å². The van der Waals surface area contributed by atoms with Crippen molar-refractivity contribution in [2.45, 2.75) is 19.4 Å². The van der Waals surface area contributed by atoms with Crippen LogP contribution in [0.15, 0.2) is 18.3 Å². The average molecular weight is 206 g/mol. The largest absolute Gasteiger partial charge is 0.391 e. The Balaban J connectivity index is 2.18. The van der Waals surface area contributed by atoms with Crippen LogP contribution in [-0.2, 0) is 0 Å². The number of aromatic nitrogens is 1. The fourth-order valence-electron chi connectivity index (χ4n) is 1.79. The first-order valence-electron chi connectivity index (χ1n) is 5.07. The first-order chi connectivity index (χ1) is 7.18. The van der Waals surface area contributed by atoms with Crippen molar-refractivity contribution in [3.63, 3.8) is 0 Å². The number of rotatable bonds is 1. The van der Waals surface area contributed by atoms with E-state index in [9.17, 15) is 9.90 Å². The Hall–Kier alpha value is -1.42. The van der Waals surface area contributed by atoms with E-state index in [1.807, 2.05) is 19.1 Å². The van der Waals surface area contributed by atoms with Crippen LogP contribution in [-0.4, -0.2) is 40.1 Å². The maximum absolute atomic E-state index is 12.0. The van der Waals surface area contributed by atoms with Crippen molar-refractivity contribution >= 4 is 5.91 Å². The maximum atomic E-state index is 12.0. The minimum atomic E-state index is -0.377. The van der Waals surface area contributed by atoms with Gasteiger partial charge in [-0.1, -0.05) is 6.07 Å². The first-order valence-corrected chi connectivity index (χ1v) is 5.07. The Morgan fingerprint density at radius 3 is 3.07 bits per heavy atom. The molecule has 0 bridgehead atoms. The summed E-state index contributed by atoms with van der Waals surface area (Å²) in [6, 6.07) is 3.68. The molecule has 1 saturated heterocycles. The predicted molar refractivity (Wildman–Crippen MR) is 55.5 cm³/mol.